The molecule has 2 amide bonds. The lowest BCUT2D eigenvalue weighted by Gasteiger charge is -2.13. The van der Waals surface area contributed by atoms with Crippen molar-refractivity contribution in [3.63, 3.8) is 0 Å². The van der Waals surface area contributed by atoms with Crippen LogP contribution in [0.3, 0.4) is 0 Å². The molecule has 21 heavy (non-hydrogen) atoms. The molecule has 2 rings (SSSR count). The van der Waals surface area contributed by atoms with Gasteiger partial charge in [-0.1, -0.05) is 23.7 Å². The second kappa shape index (κ2) is 7.15. The van der Waals surface area contributed by atoms with Crippen molar-refractivity contribution < 1.29 is 9.90 Å². The van der Waals surface area contributed by atoms with Gasteiger partial charge in [-0.2, -0.15) is 0 Å². The molecule has 0 aliphatic heterocycles. The first kappa shape index (κ1) is 15.4. The van der Waals surface area contributed by atoms with Gasteiger partial charge in [-0.15, -0.1) is 0 Å². The molecule has 0 unspecified atom stereocenters. The van der Waals surface area contributed by atoms with Crippen LogP contribution in [-0.4, -0.2) is 22.2 Å². The zero-order valence-electron chi connectivity index (χ0n) is 11.7. The molecule has 112 valence electrons. The smallest absolute Gasteiger partial charge is 0.319 e. The van der Waals surface area contributed by atoms with E-state index in [-0.39, 0.29) is 6.03 Å². The van der Waals surface area contributed by atoms with E-state index in [1.54, 1.807) is 24.3 Å². The molecule has 0 fully saturated rings. The van der Waals surface area contributed by atoms with E-state index in [0.29, 0.717) is 23.7 Å². The Morgan fingerprint density at radius 3 is 2.76 bits per heavy atom. The van der Waals surface area contributed by atoms with Crippen molar-refractivity contribution in [2.24, 2.45) is 7.05 Å². The summed E-state index contributed by atoms with van der Waals surface area (Å²) in [5.41, 5.74) is 1.38. The minimum absolute atomic E-state index is 0.345. The molecule has 1 heterocycles. The van der Waals surface area contributed by atoms with Crippen LogP contribution in [0.2, 0.25) is 5.02 Å². The summed E-state index contributed by atoms with van der Waals surface area (Å²) in [5, 5.41) is 15.9. The van der Waals surface area contributed by atoms with Crippen LogP contribution in [0.5, 0.6) is 0 Å². The van der Waals surface area contributed by atoms with E-state index in [9.17, 15) is 9.90 Å². The Balaban J connectivity index is 1.77. The molecule has 0 bridgehead atoms. The van der Waals surface area contributed by atoms with E-state index in [1.807, 2.05) is 29.9 Å². The topological polar surface area (TPSA) is 66.3 Å². The zero-order chi connectivity index (χ0) is 15.2. The van der Waals surface area contributed by atoms with Gasteiger partial charge in [-0.25, -0.2) is 4.79 Å². The molecular formula is C15H18ClN3O2. The SMILES string of the molecule is Cn1cccc1[C@@H](O)CCNC(=O)Nc1ccccc1Cl. The number of urea groups is 1. The Bertz CT molecular complexity index is 612. The Kier molecular flexibility index (Phi) is 5.25. The lowest BCUT2D eigenvalue weighted by molar-refractivity contribution is 0.159. The highest BCUT2D eigenvalue weighted by Crippen LogP contribution is 2.20. The quantitative estimate of drug-likeness (QED) is 0.795. The van der Waals surface area contributed by atoms with Crippen LogP contribution in [0.1, 0.15) is 18.2 Å². The predicted octanol–water partition coefficient (Wildman–Crippen LogP) is 2.92. The van der Waals surface area contributed by atoms with Crippen molar-refractivity contribution in [1.29, 1.82) is 0 Å². The van der Waals surface area contributed by atoms with Gasteiger partial charge in [-0.05, 0) is 30.7 Å². The molecule has 2 aromatic rings. The molecule has 0 aliphatic rings. The van der Waals surface area contributed by atoms with Crippen molar-refractivity contribution in [1.82, 2.24) is 9.88 Å². The zero-order valence-corrected chi connectivity index (χ0v) is 12.5. The van der Waals surface area contributed by atoms with Gasteiger partial charge in [0.25, 0.3) is 0 Å². The van der Waals surface area contributed by atoms with Crippen LogP contribution in [0.15, 0.2) is 42.6 Å². The number of aromatic nitrogens is 1. The lowest BCUT2D eigenvalue weighted by Crippen LogP contribution is -2.30. The van der Waals surface area contributed by atoms with Crippen LogP contribution in [-0.2, 0) is 7.05 Å². The maximum absolute atomic E-state index is 11.7. The highest BCUT2D eigenvalue weighted by molar-refractivity contribution is 6.33. The number of rotatable bonds is 5. The highest BCUT2D eigenvalue weighted by Gasteiger charge is 2.11. The number of aryl methyl sites for hydroxylation is 1. The number of carbonyl (C=O) groups is 1. The van der Waals surface area contributed by atoms with Crippen molar-refractivity contribution in [2.45, 2.75) is 12.5 Å². The Hall–Kier alpha value is -1.98. The van der Waals surface area contributed by atoms with Gasteiger partial charge in [0, 0.05) is 25.5 Å². The Morgan fingerprint density at radius 2 is 2.10 bits per heavy atom. The first-order valence-electron chi connectivity index (χ1n) is 6.66. The monoisotopic (exact) mass is 307 g/mol. The molecule has 1 aromatic carbocycles. The molecule has 0 aliphatic carbocycles. The Morgan fingerprint density at radius 1 is 1.33 bits per heavy atom. The lowest BCUT2D eigenvalue weighted by atomic mass is 10.2. The minimum atomic E-state index is -0.606. The molecule has 0 spiro atoms. The number of halogens is 1. The number of benzene rings is 1. The largest absolute Gasteiger partial charge is 0.387 e. The first-order chi connectivity index (χ1) is 10.1. The number of aliphatic hydroxyl groups is 1. The first-order valence-corrected chi connectivity index (χ1v) is 7.04. The van der Waals surface area contributed by atoms with Crippen molar-refractivity contribution >= 4 is 23.3 Å². The standard InChI is InChI=1S/C15H18ClN3O2/c1-19-10-4-7-13(19)14(20)8-9-17-15(21)18-12-6-3-2-5-11(12)16/h2-7,10,14,20H,8-9H2,1H3,(H2,17,18,21)/t14-/m0/s1. The van der Waals surface area contributed by atoms with Crippen LogP contribution in [0, 0.1) is 0 Å². The highest BCUT2D eigenvalue weighted by atomic mass is 35.5. The van der Waals surface area contributed by atoms with E-state index >= 15 is 0 Å². The number of para-hydroxylation sites is 1. The summed E-state index contributed by atoms with van der Waals surface area (Å²) >= 11 is 5.95. The average molecular weight is 308 g/mol. The van der Waals surface area contributed by atoms with Gasteiger partial charge >= 0.3 is 6.03 Å². The van der Waals surface area contributed by atoms with Crippen molar-refractivity contribution in [3.8, 4) is 0 Å². The van der Waals surface area contributed by atoms with E-state index in [2.05, 4.69) is 10.6 Å². The van der Waals surface area contributed by atoms with E-state index in [1.165, 1.54) is 0 Å². The van der Waals surface area contributed by atoms with Crippen molar-refractivity contribution in [3.05, 3.63) is 53.3 Å². The molecule has 1 aromatic heterocycles. The van der Waals surface area contributed by atoms with Crippen LogP contribution in [0.25, 0.3) is 0 Å². The normalized spacial score (nSPS) is 12.0. The summed E-state index contributed by atoms with van der Waals surface area (Å²) in [7, 11) is 1.87. The second-order valence-corrected chi connectivity index (χ2v) is 5.12. The van der Waals surface area contributed by atoms with E-state index in [0.717, 1.165) is 5.69 Å². The number of nitrogens with one attached hydrogen (secondary N) is 2. The molecular weight excluding hydrogens is 290 g/mol. The molecule has 3 N–H and O–H groups in total. The van der Waals surface area contributed by atoms with Crippen LogP contribution >= 0.6 is 11.6 Å². The number of nitrogens with zero attached hydrogens (tertiary/aromatic N) is 1. The van der Waals surface area contributed by atoms with Crippen LogP contribution < -0.4 is 10.6 Å². The van der Waals surface area contributed by atoms with Crippen molar-refractivity contribution in [2.75, 3.05) is 11.9 Å². The fraction of sp³-hybridized carbons (Fsp3) is 0.267. The fourth-order valence-electron chi connectivity index (χ4n) is 2.02. The molecule has 0 saturated carbocycles. The Labute approximate surface area is 128 Å². The van der Waals surface area contributed by atoms with Crippen LogP contribution in [0.4, 0.5) is 10.5 Å². The number of hydrogen-bond acceptors (Lipinski definition) is 2. The minimum Gasteiger partial charge on any atom is -0.387 e. The molecule has 0 radical (unpaired) electrons. The van der Waals surface area contributed by atoms with Gasteiger partial charge < -0.3 is 20.3 Å². The maximum atomic E-state index is 11.7. The van der Waals surface area contributed by atoms with Gasteiger partial charge in [-0.3, -0.25) is 0 Å². The summed E-state index contributed by atoms with van der Waals surface area (Å²) in [5.74, 6) is 0. The van der Waals surface area contributed by atoms with Gasteiger partial charge in [0.2, 0.25) is 0 Å². The molecule has 1 atom stereocenters. The summed E-state index contributed by atoms with van der Waals surface area (Å²) in [6.07, 6.45) is 1.70. The van der Waals surface area contributed by atoms with E-state index < -0.39 is 6.10 Å². The van der Waals surface area contributed by atoms with Gasteiger partial charge in [0.05, 0.1) is 16.8 Å². The molecule has 6 heteroatoms. The number of carbonyl (C=O) groups excluding carboxylic acids is 1. The summed E-state index contributed by atoms with van der Waals surface area (Å²) in [6, 6.07) is 10.4. The van der Waals surface area contributed by atoms with E-state index in [4.69, 9.17) is 11.6 Å². The molecule has 5 nitrogen and oxygen atoms in total. The third-order valence-corrected chi connectivity index (χ3v) is 3.48. The average Bonchev–Trinajstić information content (AvgIpc) is 2.87. The number of anilines is 1. The second-order valence-electron chi connectivity index (χ2n) is 4.71. The third-order valence-electron chi connectivity index (χ3n) is 3.15. The number of aliphatic hydroxyl groups excluding tert-OH is 1. The molecule has 0 saturated heterocycles. The number of hydrogen-bond donors (Lipinski definition) is 3. The maximum Gasteiger partial charge on any atom is 0.319 e. The summed E-state index contributed by atoms with van der Waals surface area (Å²) < 4.78 is 1.86. The fourth-order valence-corrected chi connectivity index (χ4v) is 2.20. The third kappa shape index (κ3) is 4.24. The number of amides is 2. The predicted molar refractivity (Wildman–Crippen MR) is 83.5 cm³/mol. The summed E-state index contributed by atoms with van der Waals surface area (Å²) in [4.78, 5) is 11.7. The van der Waals surface area contributed by atoms with Gasteiger partial charge in [0.15, 0.2) is 0 Å². The summed E-state index contributed by atoms with van der Waals surface area (Å²) in [6.45, 7) is 0.364. The van der Waals surface area contributed by atoms with Gasteiger partial charge in [0.1, 0.15) is 0 Å².